The van der Waals surface area contributed by atoms with Crippen LogP contribution in [0.5, 0.6) is 5.75 Å². The van der Waals surface area contributed by atoms with Crippen LogP contribution in [0, 0.1) is 0 Å². The van der Waals surface area contributed by atoms with E-state index in [4.69, 9.17) is 4.74 Å². The maximum Gasteiger partial charge on any atom is 0.204 e. The third-order valence-electron chi connectivity index (χ3n) is 3.75. The highest BCUT2D eigenvalue weighted by Gasteiger charge is 2.11. The first-order chi connectivity index (χ1) is 10.2. The Balaban J connectivity index is 1.85. The molecule has 0 radical (unpaired) electrons. The van der Waals surface area contributed by atoms with Gasteiger partial charge >= 0.3 is 0 Å². The molecule has 0 aliphatic rings. The molecule has 0 fully saturated rings. The van der Waals surface area contributed by atoms with E-state index in [1.807, 2.05) is 37.4 Å². The second-order valence-electron chi connectivity index (χ2n) is 5.12. The number of para-hydroxylation sites is 2. The van der Waals surface area contributed by atoms with E-state index >= 15 is 0 Å². The maximum atomic E-state index is 5.19. The lowest BCUT2D eigenvalue weighted by Gasteiger charge is -2.15. The summed E-state index contributed by atoms with van der Waals surface area (Å²) in [5.74, 6) is 1.74. The van der Waals surface area contributed by atoms with Crippen LogP contribution in [0.4, 0.5) is 5.95 Å². The number of anilines is 1. The number of aromatic nitrogens is 2. The van der Waals surface area contributed by atoms with Crippen LogP contribution in [0.25, 0.3) is 11.0 Å². The number of nitrogens with one attached hydrogen (secondary N) is 1. The zero-order valence-corrected chi connectivity index (χ0v) is 12.5. The quantitative estimate of drug-likeness (QED) is 0.791. The van der Waals surface area contributed by atoms with E-state index in [-0.39, 0.29) is 6.04 Å². The Labute approximate surface area is 124 Å². The lowest BCUT2D eigenvalue weighted by molar-refractivity contribution is 0.414. The standard InChI is InChI=1S/C17H19N3O/c1-12(13-8-10-14(21-3)11-9-13)18-17-19-15-6-4-5-7-16(15)20(17)2/h4-12H,1-3H3,(H,18,19). The number of hydrogen-bond acceptors (Lipinski definition) is 3. The lowest BCUT2D eigenvalue weighted by atomic mass is 10.1. The molecule has 0 saturated carbocycles. The first kappa shape index (κ1) is 13.5. The summed E-state index contributed by atoms with van der Waals surface area (Å²) in [7, 11) is 3.70. The van der Waals surface area contributed by atoms with Gasteiger partial charge in [0.2, 0.25) is 5.95 Å². The molecule has 0 spiro atoms. The Hall–Kier alpha value is -2.49. The van der Waals surface area contributed by atoms with Crippen LogP contribution in [0.3, 0.4) is 0 Å². The zero-order chi connectivity index (χ0) is 14.8. The molecule has 108 valence electrons. The fourth-order valence-electron chi connectivity index (χ4n) is 2.44. The van der Waals surface area contributed by atoms with Gasteiger partial charge in [-0.2, -0.15) is 0 Å². The number of fused-ring (bicyclic) bond motifs is 1. The number of benzene rings is 2. The van der Waals surface area contributed by atoms with Crippen LogP contribution in [-0.4, -0.2) is 16.7 Å². The van der Waals surface area contributed by atoms with Crippen molar-refractivity contribution >= 4 is 17.0 Å². The summed E-state index contributed by atoms with van der Waals surface area (Å²) in [6.45, 7) is 2.13. The van der Waals surface area contributed by atoms with Crippen LogP contribution in [0.2, 0.25) is 0 Å². The van der Waals surface area contributed by atoms with Crippen molar-refractivity contribution in [2.75, 3.05) is 12.4 Å². The fourth-order valence-corrected chi connectivity index (χ4v) is 2.44. The Bertz CT molecular complexity index is 746. The number of imidazole rings is 1. The minimum Gasteiger partial charge on any atom is -0.497 e. The smallest absolute Gasteiger partial charge is 0.204 e. The van der Waals surface area contributed by atoms with Crippen molar-refractivity contribution in [2.24, 2.45) is 7.05 Å². The summed E-state index contributed by atoms with van der Waals surface area (Å²) in [5.41, 5.74) is 3.33. The van der Waals surface area contributed by atoms with Gasteiger partial charge in [0, 0.05) is 7.05 Å². The van der Waals surface area contributed by atoms with Crippen molar-refractivity contribution in [3.8, 4) is 5.75 Å². The van der Waals surface area contributed by atoms with E-state index in [9.17, 15) is 0 Å². The topological polar surface area (TPSA) is 39.1 Å². The third-order valence-corrected chi connectivity index (χ3v) is 3.75. The molecule has 0 saturated heterocycles. The molecule has 0 amide bonds. The molecular formula is C17H19N3O. The SMILES string of the molecule is COc1ccc(C(C)Nc2nc3ccccc3n2C)cc1. The highest BCUT2D eigenvalue weighted by molar-refractivity contribution is 5.78. The molecule has 2 aromatic carbocycles. The Morgan fingerprint density at radius 3 is 2.48 bits per heavy atom. The van der Waals surface area contributed by atoms with Gasteiger partial charge in [-0.3, -0.25) is 0 Å². The van der Waals surface area contributed by atoms with Crippen molar-refractivity contribution in [1.82, 2.24) is 9.55 Å². The van der Waals surface area contributed by atoms with Crippen LogP contribution >= 0.6 is 0 Å². The lowest BCUT2D eigenvalue weighted by Crippen LogP contribution is -2.10. The first-order valence-electron chi connectivity index (χ1n) is 7.01. The van der Waals surface area contributed by atoms with E-state index in [2.05, 4.69) is 40.0 Å². The van der Waals surface area contributed by atoms with E-state index < -0.39 is 0 Å². The highest BCUT2D eigenvalue weighted by Crippen LogP contribution is 2.23. The molecule has 1 N–H and O–H groups in total. The summed E-state index contributed by atoms with van der Waals surface area (Å²) in [5, 5.41) is 3.46. The predicted octanol–water partition coefficient (Wildman–Crippen LogP) is 3.76. The Morgan fingerprint density at radius 2 is 1.81 bits per heavy atom. The minimum absolute atomic E-state index is 0.173. The number of aryl methyl sites for hydroxylation is 1. The van der Waals surface area contributed by atoms with Gasteiger partial charge in [0.05, 0.1) is 24.2 Å². The number of ether oxygens (including phenoxy) is 1. The van der Waals surface area contributed by atoms with Gasteiger partial charge in [-0.15, -0.1) is 0 Å². The van der Waals surface area contributed by atoms with Crippen molar-refractivity contribution in [3.63, 3.8) is 0 Å². The normalized spacial score (nSPS) is 12.3. The minimum atomic E-state index is 0.173. The molecule has 1 unspecified atom stereocenters. The maximum absolute atomic E-state index is 5.19. The summed E-state index contributed by atoms with van der Waals surface area (Å²) < 4.78 is 7.27. The summed E-state index contributed by atoms with van der Waals surface area (Å²) in [6.07, 6.45) is 0. The van der Waals surface area contributed by atoms with Crippen molar-refractivity contribution in [2.45, 2.75) is 13.0 Å². The van der Waals surface area contributed by atoms with Crippen molar-refractivity contribution in [3.05, 3.63) is 54.1 Å². The Morgan fingerprint density at radius 1 is 1.10 bits per heavy atom. The summed E-state index contributed by atoms with van der Waals surface area (Å²) in [6, 6.07) is 16.4. The van der Waals surface area contributed by atoms with E-state index in [0.29, 0.717) is 0 Å². The average Bonchev–Trinajstić information content (AvgIpc) is 2.84. The van der Waals surface area contributed by atoms with Crippen LogP contribution in [-0.2, 0) is 7.05 Å². The van der Waals surface area contributed by atoms with Gasteiger partial charge in [-0.25, -0.2) is 4.98 Å². The third kappa shape index (κ3) is 2.57. The molecule has 0 aliphatic carbocycles. The molecule has 0 aliphatic heterocycles. The number of rotatable bonds is 4. The highest BCUT2D eigenvalue weighted by atomic mass is 16.5. The van der Waals surface area contributed by atoms with E-state index in [0.717, 1.165) is 22.7 Å². The van der Waals surface area contributed by atoms with E-state index in [1.165, 1.54) is 5.56 Å². The summed E-state index contributed by atoms with van der Waals surface area (Å²) >= 11 is 0. The zero-order valence-electron chi connectivity index (χ0n) is 12.5. The van der Waals surface area contributed by atoms with Crippen molar-refractivity contribution in [1.29, 1.82) is 0 Å². The van der Waals surface area contributed by atoms with Gasteiger partial charge in [-0.1, -0.05) is 24.3 Å². The fraction of sp³-hybridized carbons (Fsp3) is 0.235. The molecule has 1 atom stereocenters. The molecule has 3 rings (SSSR count). The average molecular weight is 281 g/mol. The van der Waals surface area contributed by atoms with Crippen LogP contribution < -0.4 is 10.1 Å². The molecule has 21 heavy (non-hydrogen) atoms. The monoisotopic (exact) mass is 281 g/mol. The number of nitrogens with zero attached hydrogens (tertiary/aromatic N) is 2. The molecule has 4 nitrogen and oxygen atoms in total. The second-order valence-corrected chi connectivity index (χ2v) is 5.12. The van der Waals surface area contributed by atoms with Gasteiger partial charge in [0.25, 0.3) is 0 Å². The van der Waals surface area contributed by atoms with E-state index in [1.54, 1.807) is 7.11 Å². The van der Waals surface area contributed by atoms with Gasteiger partial charge in [0.1, 0.15) is 5.75 Å². The summed E-state index contributed by atoms with van der Waals surface area (Å²) in [4.78, 5) is 4.64. The predicted molar refractivity (Wildman–Crippen MR) is 85.7 cm³/mol. The van der Waals surface area contributed by atoms with Gasteiger partial charge in [0.15, 0.2) is 0 Å². The molecule has 0 bridgehead atoms. The number of hydrogen-bond donors (Lipinski definition) is 1. The molecule has 1 heterocycles. The van der Waals surface area contributed by atoms with Crippen molar-refractivity contribution < 1.29 is 4.74 Å². The molecule has 3 aromatic rings. The number of methoxy groups -OCH3 is 1. The molecular weight excluding hydrogens is 262 g/mol. The first-order valence-corrected chi connectivity index (χ1v) is 7.01. The largest absolute Gasteiger partial charge is 0.497 e. The Kier molecular flexibility index (Phi) is 3.52. The van der Waals surface area contributed by atoms with Gasteiger partial charge < -0.3 is 14.6 Å². The second kappa shape index (κ2) is 5.48. The molecule has 1 aromatic heterocycles. The van der Waals surface area contributed by atoms with Crippen LogP contribution in [0.15, 0.2) is 48.5 Å². The molecule has 4 heteroatoms. The van der Waals surface area contributed by atoms with Crippen LogP contribution in [0.1, 0.15) is 18.5 Å². The van der Waals surface area contributed by atoms with Gasteiger partial charge in [-0.05, 0) is 36.8 Å².